The predicted octanol–water partition coefficient (Wildman–Crippen LogP) is 5.04. The minimum atomic E-state index is -4.48. The number of hydrogen-bond donors (Lipinski definition) is 1. The smallest absolute Gasteiger partial charge is 0.410 e. The van der Waals surface area contributed by atoms with Crippen LogP contribution in [0.1, 0.15) is 34.4 Å². The average Bonchev–Trinajstić information content (AvgIpc) is 3.21. The lowest BCUT2D eigenvalue weighted by Gasteiger charge is -2.33. The Balaban J connectivity index is 1.72. The molecule has 2 atom stereocenters. The van der Waals surface area contributed by atoms with Crippen LogP contribution >= 0.6 is 0 Å². The van der Waals surface area contributed by atoms with E-state index >= 15 is 0 Å². The van der Waals surface area contributed by atoms with Crippen molar-refractivity contribution >= 4 is 12.1 Å². The van der Waals surface area contributed by atoms with Crippen molar-refractivity contribution in [2.75, 3.05) is 19.5 Å². The van der Waals surface area contributed by atoms with Gasteiger partial charge in [0.15, 0.2) is 17.5 Å². The fraction of sp³-hybridized carbons (Fsp3) is 0.273. The number of methoxy groups -OCH3 is 2. The number of nitrogens with zero attached hydrogens (tertiary/aromatic N) is 2. The molecule has 1 aliphatic heterocycles. The van der Waals surface area contributed by atoms with Crippen molar-refractivity contribution in [1.82, 2.24) is 9.78 Å². The Bertz CT molecular complexity index is 1090. The molecular formula is C22H20F3N3O3. The number of carbonyl (C=O) groups excluding carboxylic acids is 1. The molecule has 0 saturated carbocycles. The maximum atomic E-state index is 13.9. The zero-order chi connectivity index (χ0) is 22.2. The maximum Gasteiger partial charge on any atom is 0.410 e. The van der Waals surface area contributed by atoms with Gasteiger partial charge in [0, 0.05) is 23.6 Å². The van der Waals surface area contributed by atoms with Gasteiger partial charge < -0.3 is 14.8 Å². The Morgan fingerprint density at radius 3 is 2.39 bits per heavy atom. The summed E-state index contributed by atoms with van der Waals surface area (Å²) < 4.78 is 53.2. The molecule has 1 aromatic heterocycles. The highest BCUT2D eigenvalue weighted by molar-refractivity contribution is 5.76. The van der Waals surface area contributed by atoms with Crippen molar-refractivity contribution in [2.45, 2.75) is 24.7 Å². The lowest BCUT2D eigenvalue weighted by atomic mass is 9.96. The molecule has 1 N–H and O–H groups in total. The highest BCUT2D eigenvalue weighted by atomic mass is 19.4. The van der Waals surface area contributed by atoms with Gasteiger partial charge in [0.25, 0.3) is 0 Å². The zero-order valence-corrected chi connectivity index (χ0v) is 16.8. The molecule has 0 bridgehead atoms. The summed E-state index contributed by atoms with van der Waals surface area (Å²) in [5.41, 5.74) is 2.14. The molecule has 9 heteroatoms. The SMILES string of the molecule is COc1ccc(C2CC(C(F)(F)F)n3nc(-c4ccc(C=O)cc4)cc3N2)cc1OC. The summed E-state index contributed by atoms with van der Waals surface area (Å²) in [6.45, 7) is 0. The molecule has 0 saturated heterocycles. The first-order chi connectivity index (χ1) is 14.8. The number of alkyl halides is 3. The molecule has 0 amide bonds. The van der Waals surface area contributed by atoms with Gasteiger partial charge in [-0.05, 0) is 17.7 Å². The Labute approximate surface area is 176 Å². The Morgan fingerprint density at radius 2 is 1.77 bits per heavy atom. The van der Waals surface area contributed by atoms with Crippen LogP contribution in [0.3, 0.4) is 0 Å². The summed E-state index contributed by atoms with van der Waals surface area (Å²) in [7, 11) is 2.98. The molecule has 2 aromatic carbocycles. The van der Waals surface area contributed by atoms with Crippen LogP contribution in [-0.2, 0) is 0 Å². The van der Waals surface area contributed by atoms with E-state index in [9.17, 15) is 18.0 Å². The second-order valence-corrected chi connectivity index (χ2v) is 7.20. The number of carbonyl (C=O) groups is 1. The fourth-order valence-corrected chi connectivity index (χ4v) is 3.74. The molecule has 0 fully saturated rings. The number of halogens is 3. The van der Waals surface area contributed by atoms with Crippen molar-refractivity contribution in [3.63, 3.8) is 0 Å². The van der Waals surface area contributed by atoms with Crippen molar-refractivity contribution in [2.24, 2.45) is 0 Å². The molecule has 0 aliphatic carbocycles. The summed E-state index contributed by atoms with van der Waals surface area (Å²) in [4.78, 5) is 10.9. The van der Waals surface area contributed by atoms with Gasteiger partial charge >= 0.3 is 6.18 Å². The van der Waals surface area contributed by atoms with Gasteiger partial charge in [0.2, 0.25) is 0 Å². The molecule has 4 rings (SSSR count). The van der Waals surface area contributed by atoms with E-state index in [4.69, 9.17) is 9.47 Å². The van der Waals surface area contributed by atoms with Gasteiger partial charge in [-0.2, -0.15) is 18.3 Å². The number of fused-ring (bicyclic) bond motifs is 1. The number of anilines is 1. The van der Waals surface area contributed by atoms with Crippen LogP contribution in [0.5, 0.6) is 11.5 Å². The van der Waals surface area contributed by atoms with E-state index in [-0.39, 0.29) is 12.2 Å². The third-order valence-electron chi connectivity index (χ3n) is 5.34. The van der Waals surface area contributed by atoms with Crippen molar-refractivity contribution in [3.8, 4) is 22.8 Å². The number of ether oxygens (including phenoxy) is 2. The normalized spacial score (nSPS) is 18.1. The summed E-state index contributed by atoms with van der Waals surface area (Å²) in [5.74, 6) is 1.21. The van der Waals surface area contributed by atoms with Gasteiger partial charge in [-0.25, -0.2) is 4.68 Å². The molecule has 1 aliphatic rings. The Hall–Kier alpha value is -3.49. The quantitative estimate of drug-likeness (QED) is 0.574. The van der Waals surface area contributed by atoms with E-state index in [2.05, 4.69) is 10.4 Å². The van der Waals surface area contributed by atoms with E-state index < -0.39 is 18.3 Å². The second kappa shape index (κ2) is 7.98. The first kappa shape index (κ1) is 20.8. The van der Waals surface area contributed by atoms with Crippen molar-refractivity contribution in [1.29, 1.82) is 0 Å². The highest BCUT2D eigenvalue weighted by Crippen LogP contribution is 2.45. The number of rotatable bonds is 5. The van der Waals surface area contributed by atoms with Gasteiger partial charge in [-0.3, -0.25) is 4.79 Å². The Morgan fingerprint density at radius 1 is 1.06 bits per heavy atom. The summed E-state index contributed by atoms with van der Waals surface area (Å²) in [6.07, 6.45) is -4.00. The lowest BCUT2D eigenvalue weighted by Crippen LogP contribution is -2.35. The van der Waals surface area contributed by atoms with Crippen LogP contribution in [0.25, 0.3) is 11.3 Å². The topological polar surface area (TPSA) is 65.4 Å². The molecule has 0 spiro atoms. The molecule has 162 valence electrons. The monoisotopic (exact) mass is 431 g/mol. The Kier molecular flexibility index (Phi) is 5.34. The van der Waals surface area contributed by atoms with Crippen LogP contribution < -0.4 is 14.8 Å². The summed E-state index contributed by atoms with van der Waals surface area (Å²) in [6, 6.07) is 10.8. The number of benzene rings is 2. The molecular weight excluding hydrogens is 411 g/mol. The second-order valence-electron chi connectivity index (χ2n) is 7.20. The van der Waals surface area contributed by atoms with E-state index in [1.165, 1.54) is 14.2 Å². The van der Waals surface area contributed by atoms with E-state index in [0.29, 0.717) is 40.2 Å². The van der Waals surface area contributed by atoms with E-state index in [1.54, 1.807) is 48.5 Å². The van der Waals surface area contributed by atoms with Gasteiger partial charge in [-0.1, -0.05) is 30.3 Å². The predicted molar refractivity (Wildman–Crippen MR) is 109 cm³/mol. The zero-order valence-electron chi connectivity index (χ0n) is 16.8. The highest BCUT2D eigenvalue weighted by Gasteiger charge is 2.46. The van der Waals surface area contributed by atoms with E-state index in [0.717, 1.165) is 4.68 Å². The minimum Gasteiger partial charge on any atom is -0.493 e. The third kappa shape index (κ3) is 3.95. The van der Waals surface area contributed by atoms with Crippen LogP contribution in [0.2, 0.25) is 0 Å². The molecule has 2 unspecified atom stereocenters. The largest absolute Gasteiger partial charge is 0.493 e. The van der Waals surface area contributed by atoms with E-state index in [1.807, 2.05) is 0 Å². The number of hydrogen-bond acceptors (Lipinski definition) is 5. The lowest BCUT2D eigenvalue weighted by molar-refractivity contribution is -0.173. The molecule has 6 nitrogen and oxygen atoms in total. The van der Waals surface area contributed by atoms with Crippen molar-refractivity contribution in [3.05, 3.63) is 59.7 Å². The standard InChI is InChI=1S/C22H20F3N3O3/c1-30-18-8-7-15(9-19(18)31-2)16-10-20(22(23,24)25)28-21(26-16)11-17(27-28)14-5-3-13(12-29)4-6-14/h3-9,11-12,16,20,26H,10H2,1-2H3. The van der Waals surface area contributed by atoms with Gasteiger partial charge in [0.05, 0.1) is 26.0 Å². The molecule has 2 heterocycles. The number of aromatic nitrogens is 2. The number of aldehydes is 1. The summed E-state index contributed by atoms with van der Waals surface area (Å²) in [5, 5.41) is 7.38. The first-order valence-electron chi connectivity index (χ1n) is 9.54. The maximum absolute atomic E-state index is 13.9. The average molecular weight is 431 g/mol. The van der Waals surface area contributed by atoms with Crippen LogP contribution in [0, 0.1) is 0 Å². The third-order valence-corrected chi connectivity index (χ3v) is 5.34. The van der Waals surface area contributed by atoms with Crippen LogP contribution in [0.4, 0.5) is 19.0 Å². The van der Waals surface area contributed by atoms with Gasteiger partial charge in [-0.15, -0.1) is 0 Å². The molecule has 3 aromatic rings. The van der Waals surface area contributed by atoms with Crippen molar-refractivity contribution < 1.29 is 27.4 Å². The first-order valence-corrected chi connectivity index (χ1v) is 9.54. The summed E-state index contributed by atoms with van der Waals surface area (Å²) >= 11 is 0. The van der Waals surface area contributed by atoms with Crippen LogP contribution in [0.15, 0.2) is 48.5 Å². The number of nitrogens with one attached hydrogen (secondary N) is 1. The fourth-order valence-electron chi connectivity index (χ4n) is 3.74. The van der Waals surface area contributed by atoms with Crippen LogP contribution in [-0.4, -0.2) is 36.5 Å². The molecule has 31 heavy (non-hydrogen) atoms. The minimum absolute atomic E-state index is 0.225. The molecule has 0 radical (unpaired) electrons. The van der Waals surface area contributed by atoms with Gasteiger partial charge in [0.1, 0.15) is 12.1 Å².